The molecule has 0 aromatic carbocycles. The number of ketones is 1. The molecule has 10 atom stereocenters. The molecule has 5 nitrogen and oxygen atoms in total. The highest BCUT2D eigenvalue weighted by molar-refractivity contribution is 5.79. The third-order valence-corrected chi connectivity index (χ3v) is 10.4. The zero-order valence-corrected chi connectivity index (χ0v) is 19.1. The summed E-state index contributed by atoms with van der Waals surface area (Å²) in [5.74, 6) is 1.92. The number of Topliss-reactive ketones (excluding diaryl/α,β-unsaturated/α-hetero) is 1. The number of aliphatic hydroxyl groups is 2. The molecule has 0 aromatic heterocycles. The van der Waals surface area contributed by atoms with Crippen LogP contribution in [0.5, 0.6) is 0 Å². The van der Waals surface area contributed by atoms with Gasteiger partial charge in [0.2, 0.25) is 0 Å². The lowest BCUT2D eigenvalue weighted by Crippen LogP contribution is -2.62. The molecule has 0 heterocycles. The second kappa shape index (κ2) is 7.88. The van der Waals surface area contributed by atoms with Crippen molar-refractivity contribution in [2.24, 2.45) is 46.3 Å². The van der Waals surface area contributed by atoms with Crippen molar-refractivity contribution in [1.82, 2.24) is 0 Å². The fourth-order valence-electron chi connectivity index (χ4n) is 8.59. The maximum Gasteiger partial charge on any atom is 0.305 e. The molecule has 4 aliphatic carbocycles. The van der Waals surface area contributed by atoms with E-state index in [1.54, 1.807) is 0 Å². The van der Waals surface area contributed by atoms with Crippen molar-refractivity contribution in [2.75, 3.05) is 7.11 Å². The standard InChI is InChI=1S/C25H40O5/c1-14(5-8-22(29)30-4)17-6-7-18-23-19(13-21(28)25(17,18)3)24(2)10-9-16(26)11-15(24)12-20(23)27/h14-15,17-21,23,27-28H,5-13H2,1-4H3/t14-,15-,17-,18?,19+,20-,21+,23+,24+,25-/m1/s1. The van der Waals surface area contributed by atoms with E-state index in [1.807, 2.05) is 0 Å². The van der Waals surface area contributed by atoms with Crippen LogP contribution in [0.25, 0.3) is 0 Å². The lowest BCUT2D eigenvalue weighted by Gasteiger charge is -2.63. The first kappa shape index (κ1) is 22.3. The lowest BCUT2D eigenvalue weighted by atomic mass is 9.43. The van der Waals surface area contributed by atoms with Crippen LogP contribution in [0.1, 0.15) is 78.6 Å². The summed E-state index contributed by atoms with van der Waals surface area (Å²) < 4.78 is 4.82. The Balaban J connectivity index is 1.58. The summed E-state index contributed by atoms with van der Waals surface area (Å²) in [6.07, 6.45) is 6.15. The molecule has 0 bridgehead atoms. The number of carbonyl (C=O) groups is 2. The van der Waals surface area contributed by atoms with Crippen molar-refractivity contribution in [3.63, 3.8) is 0 Å². The Labute approximate surface area is 180 Å². The molecule has 0 aromatic rings. The first-order chi connectivity index (χ1) is 14.1. The SMILES string of the molecule is COC(=O)CC[C@@H](C)[C@H]1CCC2[C@@H]3[C@H](O)C[C@H]4CC(=O)CC[C@]4(C)[C@H]3C[C@H](O)[C@@]21C. The number of methoxy groups -OCH3 is 1. The maximum atomic E-state index is 12.1. The van der Waals surface area contributed by atoms with Crippen LogP contribution < -0.4 is 0 Å². The van der Waals surface area contributed by atoms with Gasteiger partial charge >= 0.3 is 5.97 Å². The Kier molecular flexibility index (Phi) is 5.85. The van der Waals surface area contributed by atoms with Crippen molar-refractivity contribution in [1.29, 1.82) is 0 Å². The molecule has 4 fully saturated rings. The summed E-state index contributed by atoms with van der Waals surface area (Å²) in [7, 11) is 1.43. The van der Waals surface area contributed by atoms with Gasteiger partial charge in [-0.25, -0.2) is 0 Å². The van der Waals surface area contributed by atoms with E-state index < -0.39 is 6.10 Å². The minimum Gasteiger partial charge on any atom is -0.469 e. The fraction of sp³-hybridized carbons (Fsp3) is 0.920. The molecular weight excluding hydrogens is 380 g/mol. The van der Waals surface area contributed by atoms with Crippen LogP contribution in [0.2, 0.25) is 0 Å². The molecule has 0 spiro atoms. The van der Waals surface area contributed by atoms with Gasteiger partial charge in [-0.1, -0.05) is 20.8 Å². The molecule has 2 N–H and O–H groups in total. The minimum atomic E-state index is -0.391. The zero-order chi connectivity index (χ0) is 21.8. The average molecular weight is 421 g/mol. The molecule has 4 saturated carbocycles. The number of aliphatic hydroxyl groups excluding tert-OH is 2. The fourth-order valence-corrected chi connectivity index (χ4v) is 8.59. The predicted octanol–water partition coefficient (Wildman–Crippen LogP) is 3.75. The van der Waals surface area contributed by atoms with E-state index in [-0.39, 0.29) is 40.7 Å². The van der Waals surface area contributed by atoms with Crippen LogP contribution >= 0.6 is 0 Å². The predicted molar refractivity (Wildman–Crippen MR) is 113 cm³/mol. The number of hydrogen-bond acceptors (Lipinski definition) is 5. The summed E-state index contributed by atoms with van der Waals surface area (Å²) in [6.45, 7) is 6.78. The van der Waals surface area contributed by atoms with Gasteiger partial charge in [-0.15, -0.1) is 0 Å². The Morgan fingerprint density at radius 2 is 1.93 bits per heavy atom. The molecule has 4 aliphatic rings. The molecular formula is C25H40O5. The first-order valence-corrected chi connectivity index (χ1v) is 12.1. The number of fused-ring (bicyclic) bond motifs is 5. The highest BCUT2D eigenvalue weighted by Gasteiger charge is 2.65. The minimum absolute atomic E-state index is 0.0503. The van der Waals surface area contributed by atoms with Crippen LogP contribution in [-0.4, -0.2) is 41.3 Å². The summed E-state index contributed by atoms with van der Waals surface area (Å²) in [5, 5.41) is 22.8. The zero-order valence-electron chi connectivity index (χ0n) is 19.1. The van der Waals surface area contributed by atoms with E-state index in [0.29, 0.717) is 42.8 Å². The van der Waals surface area contributed by atoms with Crippen molar-refractivity contribution < 1.29 is 24.5 Å². The second-order valence-electron chi connectivity index (χ2n) is 11.4. The largest absolute Gasteiger partial charge is 0.469 e. The van der Waals surface area contributed by atoms with Gasteiger partial charge in [0, 0.05) is 19.3 Å². The van der Waals surface area contributed by atoms with Gasteiger partial charge in [0.1, 0.15) is 5.78 Å². The van der Waals surface area contributed by atoms with Crippen LogP contribution in [0.3, 0.4) is 0 Å². The number of carbonyl (C=O) groups excluding carboxylic acids is 2. The van der Waals surface area contributed by atoms with Gasteiger partial charge in [-0.2, -0.15) is 0 Å². The van der Waals surface area contributed by atoms with Crippen molar-refractivity contribution >= 4 is 11.8 Å². The average Bonchev–Trinajstić information content (AvgIpc) is 3.06. The number of hydrogen-bond donors (Lipinski definition) is 2. The summed E-state index contributed by atoms with van der Waals surface area (Å²) in [6, 6.07) is 0. The quantitative estimate of drug-likeness (QED) is 0.677. The van der Waals surface area contributed by atoms with Gasteiger partial charge in [-0.05, 0) is 84.9 Å². The summed E-state index contributed by atoms with van der Waals surface area (Å²) in [4.78, 5) is 23.8. The van der Waals surface area contributed by atoms with Crippen molar-refractivity contribution in [3.8, 4) is 0 Å². The third-order valence-electron chi connectivity index (χ3n) is 10.4. The third kappa shape index (κ3) is 3.26. The van der Waals surface area contributed by atoms with Gasteiger partial charge in [-0.3, -0.25) is 9.59 Å². The highest BCUT2D eigenvalue weighted by atomic mass is 16.5. The molecule has 170 valence electrons. The number of ether oxygens (including phenoxy) is 1. The van der Waals surface area contributed by atoms with E-state index in [0.717, 1.165) is 38.5 Å². The second-order valence-corrected chi connectivity index (χ2v) is 11.4. The monoisotopic (exact) mass is 420 g/mol. The Bertz CT molecular complexity index is 691. The molecule has 0 aliphatic heterocycles. The van der Waals surface area contributed by atoms with Crippen molar-refractivity contribution in [3.05, 3.63) is 0 Å². The lowest BCUT2D eigenvalue weighted by molar-refractivity contribution is -0.201. The highest BCUT2D eigenvalue weighted by Crippen LogP contribution is 2.68. The molecule has 1 unspecified atom stereocenters. The number of rotatable bonds is 4. The van der Waals surface area contributed by atoms with Gasteiger partial charge in [0.15, 0.2) is 0 Å². The van der Waals surface area contributed by atoms with E-state index in [9.17, 15) is 19.8 Å². The maximum absolute atomic E-state index is 12.1. The van der Waals surface area contributed by atoms with Crippen LogP contribution in [0, 0.1) is 46.3 Å². The van der Waals surface area contributed by atoms with E-state index in [4.69, 9.17) is 4.74 Å². The molecule has 0 saturated heterocycles. The molecule has 0 radical (unpaired) electrons. The topological polar surface area (TPSA) is 83.8 Å². The number of esters is 1. The molecule has 5 heteroatoms. The molecule has 30 heavy (non-hydrogen) atoms. The summed E-state index contributed by atoms with van der Waals surface area (Å²) in [5.41, 5.74) is -0.167. The van der Waals surface area contributed by atoms with Crippen LogP contribution in [0.4, 0.5) is 0 Å². The Morgan fingerprint density at radius 1 is 1.20 bits per heavy atom. The van der Waals surface area contributed by atoms with E-state index in [2.05, 4.69) is 20.8 Å². The van der Waals surface area contributed by atoms with Gasteiger partial charge < -0.3 is 14.9 Å². The van der Waals surface area contributed by atoms with Crippen LogP contribution in [0.15, 0.2) is 0 Å². The Hall–Kier alpha value is -0.940. The van der Waals surface area contributed by atoms with Gasteiger partial charge in [0.05, 0.1) is 19.3 Å². The van der Waals surface area contributed by atoms with Gasteiger partial charge in [0.25, 0.3) is 0 Å². The van der Waals surface area contributed by atoms with E-state index >= 15 is 0 Å². The van der Waals surface area contributed by atoms with Crippen molar-refractivity contribution in [2.45, 2.75) is 90.8 Å². The summed E-state index contributed by atoms with van der Waals surface area (Å²) >= 11 is 0. The Morgan fingerprint density at radius 3 is 2.63 bits per heavy atom. The van der Waals surface area contributed by atoms with E-state index in [1.165, 1.54) is 7.11 Å². The first-order valence-electron chi connectivity index (χ1n) is 12.1. The van der Waals surface area contributed by atoms with Crippen LogP contribution in [-0.2, 0) is 14.3 Å². The normalized spacial score (nSPS) is 49.0. The molecule has 0 amide bonds. The molecule has 4 rings (SSSR count). The smallest absolute Gasteiger partial charge is 0.305 e.